The van der Waals surface area contributed by atoms with Gasteiger partial charge in [0.25, 0.3) is 0 Å². The van der Waals surface area contributed by atoms with Gasteiger partial charge in [-0.05, 0) is 25.7 Å². The fourth-order valence-corrected chi connectivity index (χ4v) is 2.11. The minimum absolute atomic E-state index is 0.0888. The molecular weight excluding hydrogens is 192 g/mol. The fraction of sp³-hybridized carbons (Fsp3) is 0.800. The first kappa shape index (κ1) is 10.3. The summed E-state index contributed by atoms with van der Waals surface area (Å²) >= 11 is 0. The molecule has 0 bridgehead atoms. The van der Waals surface area contributed by atoms with Gasteiger partial charge in [0.2, 0.25) is 0 Å². The lowest BCUT2D eigenvalue weighted by Gasteiger charge is -2.28. The number of rotatable bonds is 3. The number of amidine groups is 1. The maximum Gasteiger partial charge on any atom is 0.315 e. The predicted molar refractivity (Wildman–Crippen MR) is 57.8 cm³/mol. The van der Waals surface area contributed by atoms with Crippen molar-refractivity contribution in [3.8, 4) is 0 Å². The smallest absolute Gasteiger partial charge is 0.315 e. The molecule has 0 unspecified atom stereocenters. The highest BCUT2D eigenvalue weighted by molar-refractivity contribution is 5.92. The number of hydrogen-bond acceptors (Lipinski definition) is 2. The highest BCUT2D eigenvalue weighted by Gasteiger charge is 2.39. The molecule has 2 aliphatic carbocycles. The third-order valence-corrected chi connectivity index (χ3v) is 3.24. The van der Waals surface area contributed by atoms with E-state index in [0.29, 0.717) is 6.04 Å². The molecule has 2 rings (SSSR count). The van der Waals surface area contributed by atoms with E-state index >= 15 is 0 Å². The van der Waals surface area contributed by atoms with E-state index in [-0.39, 0.29) is 11.9 Å². The van der Waals surface area contributed by atoms with E-state index in [1.165, 1.54) is 0 Å². The number of urea groups is 1. The van der Waals surface area contributed by atoms with Gasteiger partial charge in [-0.15, -0.1) is 0 Å². The highest BCUT2D eigenvalue weighted by Crippen LogP contribution is 2.29. The number of nitrogens with one attached hydrogen (secondary N) is 3. The quantitative estimate of drug-likeness (QED) is 0.408. The van der Waals surface area contributed by atoms with E-state index in [0.717, 1.165) is 38.5 Å². The van der Waals surface area contributed by atoms with Gasteiger partial charge in [-0.3, -0.25) is 5.41 Å². The van der Waals surface area contributed by atoms with Gasteiger partial charge in [-0.2, -0.15) is 0 Å². The van der Waals surface area contributed by atoms with E-state index in [1.54, 1.807) is 0 Å². The average molecular weight is 210 g/mol. The molecule has 2 saturated carbocycles. The van der Waals surface area contributed by atoms with Crippen molar-refractivity contribution in [2.75, 3.05) is 0 Å². The Bertz CT molecular complexity index is 279. The SMILES string of the molecule is N=C(N)C1(NC(=O)NC2CC2)CCCC1. The van der Waals surface area contributed by atoms with Crippen LogP contribution in [0.2, 0.25) is 0 Å². The van der Waals surface area contributed by atoms with E-state index in [2.05, 4.69) is 10.6 Å². The van der Waals surface area contributed by atoms with Crippen molar-refractivity contribution in [2.24, 2.45) is 5.73 Å². The summed E-state index contributed by atoms with van der Waals surface area (Å²) in [5.74, 6) is 0.0888. The van der Waals surface area contributed by atoms with Crippen LogP contribution in [0.25, 0.3) is 0 Å². The zero-order chi connectivity index (χ0) is 10.9. The lowest BCUT2D eigenvalue weighted by molar-refractivity contribution is 0.232. The van der Waals surface area contributed by atoms with E-state index < -0.39 is 5.54 Å². The van der Waals surface area contributed by atoms with Gasteiger partial charge < -0.3 is 16.4 Å². The molecule has 0 aromatic heterocycles. The summed E-state index contributed by atoms with van der Waals surface area (Å²) in [4.78, 5) is 11.6. The Balaban J connectivity index is 1.93. The minimum Gasteiger partial charge on any atom is -0.386 e. The molecule has 2 aliphatic rings. The van der Waals surface area contributed by atoms with Crippen molar-refractivity contribution in [1.82, 2.24) is 10.6 Å². The molecular formula is C10H18N4O. The molecule has 5 nitrogen and oxygen atoms in total. The van der Waals surface area contributed by atoms with Crippen LogP contribution in [0.15, 0.2) is 0 Å². The molecule has 0 radical (unpaired) electrons. The fourth-order valence-electron chi connectivity index (χ4n) is 2.11. The maximum absolute atomic E-state index is 11.6. The third-order valence-electron chi connectivity index (χ3n) is 3.24. The first-order chi connectivity index (χ1) is 7.12. The van der Waals surface area contributed by atoms with Crippen molar-refractivity contribution in [1.29, 1.82) is 5.41 Å². The van der Waals surface area contributed by atoms with E-state index in [1.807, 2.05) is 0 Å². The van der Waals surface area contributed by atoms with Gasteiger partial charge in [0.15, 0.2) is 0 Å². The Morgan fingerprint density at radius 1 is 1.33 bits per heavy atom. The van der Waals surface area contributed by atoms with Crippen LogP contribution in [0.4, 0.5) is 4.79 Å². The summed E-state index contributed by atoms with van der Waals surface area (Å²) in [7, 11) is 0. The summed E-state index contributed by atoms with van der Waals surface area (Å²) < 4.78 is 0. The normalized spacial score (nSPS) is 23.5. The maximum atomic E-state index is 11.6. The summed E-state index contributed by atoms with van der Waals surface area (Å²) in [6.07, 6.45) is 5.79. The molecule has 0 heterocycles. The second-order valence-corrected chi connectivity index (χ2v) is 4.58. The third kappa shape index (κ3) is 2.22. The van der Waals surface area contributed by atoms with Crippen LogP contribution in [-0.2, 0) is 0 Å². The molecule has 5 heteroatoms. The van der Waals surface area contributed by atoms with Gasteiger partial charge in [0.05, 0.1) is 5.54 Å². The lowest BCUT2D eigenvalue weighted by atomic mass is 9.96. The van der Waals surface area contributed by atoms with Gasteiger partial charge >= 0.3 is 6.03 Å². The van der Waals surface area contributed by atoms with Gasteiger partial charge in [-0.1, -0.05) is 12.8 Å². The first-order valence-corrected chi connectivity index (χ1v) is 5.56. The zero-order valence-electron chi connectivity index (χ0n) is 8.81. The number of nitrogens with two attached hydrogens (primary N) is 1. The molecule has 0 atom stereocenters. The first-order valence-electron chi connectivity index (χ1n) is 5.56. The van der Waals surface area contributed by atoms with Crippen molar-refractivity contribution >= 4 is 11.9 Å². The zero-order valence-corrected chi connectivity index (χ0v) is 8.81. The van der Waals surface area contributed by atoms with Crippen LogP contribution in [0.1, 0.15) is 38.5 Å². The Hall–Kier alpha value is -1.26. The lowest BCUT2D eigenvalue weighted by Crippen LogP contribution is -2.58. The second kappa shape index (κ2) is 3.72. The molecule has 0 aromatic rings. The summed E-state index contributed by atoms with van der Waals surface area (Å²) in [6.45, 7) is 0. The van der Waals surface area contributed by atoms with Crippen molar-refractivity contribution in [3.63, 3.8) is 0 Å². The molecule has 0 saturated heterocycles. The van der Waals surface area contributed by atoms with Crippen LogP contribution in [0.3, 0.4) is 0 Å². The van der Waals surface area contributed by atoms with Crippen LogP contribution >= 0.6 is 0 Å². The number of carbonyl (C=O) groups excluding carboxylic acids is 1. The molecule has 0 spiro atoms. The van der Waals surface area contributed by atoms with E-state index in [4.69, 9.17) is 11.1 Å². The molecule has 84 valence electrons. The van der Waals surface area contributed by atoms with Crippen molar-refractivity contribution in [3.05, 3.63) is 0 Å². The van der Waals surface area contributed by atoms with Gasteiger partial charge in [-0.25, -0.2) is 4.79 Å². The van der Waals surface area contributed by atoms with Crippen LogP contribution in [0.5, 0.6) is 0 Å². The second-order valence-electron chi connectivity index (χ2n) is 4.58. The molecule has 15 heavy (non-hydrogen) atoms. The topological polar surface area (TPSA) is 91.0 Å². The minimum atomic E-state index is -0.570. The van der Waals surface area contributed by atoms with Crippen LogP contribution in [0, 0.1) is 5.41 Å². The Morgan fingerprint density at radius 3 is 2.40 bits per heavy atom. The summed E-state index contributed by atoms with van der Waals surface area (Å²) in [6, 6.07) is 0.171. The standard InChI is InChI=1S/C10H18N4O/c11-8(12)10(5-1-2-6-10)14-9(15)13-7-3-4-7/h7H,1-6H2,(H3,11,12)(H2,13,14,15). The summed E-state index contributed by atoms with van der Waals surface area (Å²) in [5, 5.41) is 13.3. The van der Waals surface area contributed by atoms with Gasteiger partial charge in [0, 0.05) is 6.04 Å². The van der Waals surface area contributed by atoms with Gasteiger partial charge in [0.1, 0.15) is 5.84 Å². The Labute approximate surface area is 89.3 Å². The Morgan fingerprint density at radius 2 is 1.93 bits per heavy atom. The predicted octanol–water partition coefficient (Wildman–Crippen LogP) is 0.697. The highest BCUT2D eigenvalue weighted by atomic mass is 16.2. The van der Waals surface area contributed by atoms with E-state index in [9.17, 15) is 4.79 Å². The van der Waals surface area contributed by atoms with Crippen molar-refractivity contribution < 1.29 is 4.79 Å². The molecule has 0 aliphatic heterocycles. The van der Waals surface area contributed by atoms with Crippen molar-refractivity contribution in [2.45, 2.75) is 50.1 Å². The average Bonchev–Trinajstić information content (AvgIpc) is 2.82. The van der Waals surface area contributed by atoms with Crippen LogP contribution < -0.4 is 16.4 Å². The molecule has 5 N–H and O–H groups in total. The molecule has 2 amide bonds. The van der Waals surface area contributed by atoms with Crippen LogP contribution in [-0.4, -0.2) is 23.4 Å². The monoisotopic (exact) mass is 210 g/mol. The number of carbonyl (C=O) groups is 1. The summed E-state index contributed by atoms with van der Waals surface area (Å²) in [5.41, 5.74) is 5.00. The number of amides is 2. The molecule has 0 aromatic carbocycles. The Kier molecular flexibility index (Phi) is 2.54. The largest absolute Gasteiger partial charge is 0.386 e. The number of hydrogen-bond donors (Lipinski definition) is 4. The molecule has 2 fully saturated rings.